The number of anilines is 1. The second-order valence-corrected chi connectivity index (χ2v) is 5.83. The number of rotatable bonds is 4. The molecule has 0 amide bonds. The van der Waals surface area contributed by atoms with Gasteiger partial charge in [0, 0.05) is 12.3 Å². The Morgan fingerprint density at radius 3 is 2.65 bits per heavy atom. The molecule has 0 spiro atoms. The minimum Gasteiger partial charge on any atom is -0.508 e. The summed E-state index contributed by atoms with van der Waals surface area (Å²) in [5.74, 6) is 0.0838. The van der Waals surface area contributed by atoms with E-state index in [2.05, 4.69) is 4.72 Å². The van der Waals surface area contributed by atoms with Gasteiger partial charge in [0.15, 0.2) is 0 Å². The quantitative estimate of drug-likeness (QED) is 0.797. The number of benzene rings is 1. The fourth-order valence-electron chi connectivity index (χ4n) is 1.77. The molecule has 0 saturated carbocycles. The van der Waals surface area contributed by atoms with Crippen molar-refractivity contribution in [3.8, 4) is 5.75 Å². The number of ether oxygens (including phenoxy) is 1. The molecular weight excluding hydrogens is 242 g/mol. The summed E-state index contributed by atoms with van der Waals surface area (Å²) in [7, 11) is -3.39. The molecule has 1 aromatic rings. The minimum absolute atomic E-state index is 0.0200. The molecule has 1 heterocycles. The average molecular weight is 257 g/mol. The first-order valence-electron chi connectivity index (χ1n) is 5.46. The molecular formula is C11H15NO4S. The van der Waals surface area contributed by atoms with Crippen LogP contribution in [0, 0.1) is 0 Å². The third-order valence-electron chi connectivity index (χ3n) is 2.57. The zero-order chi connectivity index (χ0) is 12.3. The highest BCUT2D eigenvalue weighted by atomic mass is 32.2. The van der Waals surface area contributed by atoms with Crippen molar-refractivity contribution in [2.24, 2.45) is 0 Å². The number of sulfonamides is 1. The average Bonchev–Trinajstić information content (AvgIpc) is 2.73. The first-order chi connectivity index (χ1) is 8.05. The Labute approximate surface area is 100 Å². The Bertz CT molecular complexity index is 463. The molecule has 0 radical (unpaired) electrons. The second kappa shape index (κ2) is 4.93. The van der Waals surface area contributed by atoms with Crippen molar-refractivity contribution in [1.29, 1.82) is 0 Å². The Hall–Kier alpha value is -1.27. The van der Waals surface area contributed by atoms with Gasteiger partial charge in [0.05, 0.1) is 11.9 Å². The van der Waals surface area contributed by atoms with Gasteiger partial charge in [-0.2, -0.15) is 0 Å². The van der Waals surface area contributed by atoms with Crippen molar-refractivity contribution >= 4 is 15.7 Å². The van der Waals surface area contributed by atoms with E-state index in [0.717, 1.165) is 12.8 Å². The molecule has 5 nitrogen and oxygen atoms in total. The van der Waals surface area contributed by atoms with E-state index in [4.69, 9.17) is 9.84 Å². The predicted molar refractivity (Wildman–Crippen MR) is 64.5 cm³/mol. The van der Waals surface area contributed by atoms with E-state index in [1.807, 2.05) is 0 Å². The van der Waals surface area contributed by atoms with Gasteiger partial charge >= 0.3 is 0 Å². The van der Waals surface area contributed by atoms with E-state index in [-0.39, 0.29) is 17.6 Å². The molecule has 2 N–H and O–H groups in total. The van der Waals surface area contributed by atoms with Crippen molar-refractivity contribution in [3.63, 3.8) is 0 Å². The number of hydrogen-bond acceptors (Lipinski definition) is 4. The minimum atomic E-state index is -3.39. The molecule has 1 fully saturated rings. The first-order valence-corrected chi connectivity index (χ1v) is 7.11. The summed E-state index contributed by atoms with van der Waals surface area (Å²) in [5.41, 5.74) is 0.445. The van der Waals surface area contributed by atoms with Crippen molar-refractivity contribution in [2.75, 3.05) is 17.1 Å². The summed E-state index contributed by atoms with van der Waals surface area (Å²) in [5, 5.41) is 9.09. The van der Waals surface area contributed by atoms with Crippen LogP contribution in [-0.4, -0.2) is 32.0 Å². The van der Waals surface area contributed by atoms with Crippen LogP contribution >= 0.6 is 0 Å². The predicted octanol–water partition coefficient (Wildman–Crippen LogP) is 1.31. The largest absolute Gasteiger partial charge is 0.508 e. The summed E-state index contributed by atoms with van der Waals surface area (Å²) < 4.78 is 31.3. The van der Waals surface area contributed by atoms with Gasteiger partial charge in [0.1, 0.15) is 5.75 Å². The van der Waals surface area contributed by atoms with Gasteiger partial charge in [-0.3, -0.25) is 4.72 Å². The zero-order valence-electron chi connectivity index (χ0n) is 9.30. The molecule has 1 saturated heterocycles. The zero-order valence-corrected chi connectivity index (χ0v) is 10.1. The molecule has 0 aliphatic carbocycles. The number of phenols is 1. The van der Waals surface area contributed by atoms with Gasteiger partial charge in [-0.1, -0.05) is 0 Å². The molecule has 1 aromatic carbocycles. The molecule has 2 rings (SSSR count). The van der Waals surface area contributed by atoms with Gasteiger partial charge < -0.3 is 9.84 Å². The van der Waals surface area contributed by atoms with E-state index < -0.39 is 10.0 Å². The third kappa shape index (κ3) is 3.61. The molecule has 1 atom stereocenters. The lowest BCUT2D eigenvalue weighted by molar-refractivity contribution is 0.127. The molecule has 1 aliphatic rings. The van der Waals surface area contributed by atoms with Crippen molar-refractivity contribution in [1.82, 2.24) is 0 Å². The van der Waals surface area contributed by atoms with Crippen LogP contribution in [0.15, 0.2) is 24.3 Å². The van der Waals surface area contributed by atoms with Crippen molar-refractivity contribution in [3.05, 3.63) is 24.3 Å². The maximum Gasteiger partial charge on any atom is 0.235 e. The van der Waals surface area contributed by atoms with E-state index in [0.29, 0.717) is 12.3 Å². The van der Waals surface area contributed by atoms with E-state index in [1.165, 1.54) is 24.3 Å². The third-order valence-corrected chi connectivity index (χ3v) is 3.93. The number of phenolic OH excluding ortho intramolecular Hbond substituents is 1. The Morgan fingerprint density at radius 2 is 2.06 bits per heavy atom. The van der Waals surface area contributed by atoms with Gasteiger partial charge in [-0.25, -0.2) is 8.42 Å². The van der Waals surface area contributed by atoms with Crippen LogP contribution in [0.5, 0.6) is 5.75 Å². The maximum absolute atomic E-state index is 11.8. The van der Waals surface area contributed by atoms with Crippen molar-refractivity contribution in [2.45, 2.75) is 18.9 Å². The lowest BCUT2D eigenvalue weighted by atomic mass is 10.3. The van der Waals surface area contributed by atoms with Crippen LogP contribution in [-0.2, 0) is 14.8 Å². The van der Waals surface area contributed by atoms with E-state index >= 15 is 0 Å². The normalized spacial score (nSPS) is 20.4. The Kier molecular flexibility index (Phi) is 3.54. The SMILES string of the molecule is O=S(=O)(CC1CCCO1)Nc1ccc(O)cc1. The van der Waals surface area contributed by atoms with Crippen LogP contribution in [0.25, 0.3) is 0 Å². The number of hydrogen-bond donors (Lipinski definition) is 2. The molecule has 0 aromatic heterocycles. The van der Waals surface area contributed by atoms with Gasteiger partial charge in [0.25, 0.3) is 0 Å². The monoisotopic (exact) mass is 257 g/mol. The van der Waals surface area contributed by atoms with Gasteiger partial charge in [0.2, 0.25) is 10.0 Å². The molecule has 0 bridgehead atoms. The lowest BCUT2D eigenvalue weighted by Gasteiger charge is -2.12. The molecule has 94 valence electrons. The highest BCUT2D eigenvalue weighted by Gasteiger charge is 2.23. The fourth-order valence-corrected chi connectivity index (χ4v) is 3.10. The van der Waals surface area contributed by atoms with E-state index in [1.54, 1.807) is 0 Å². The molecule has 6 heteroatoms. The fraction of sp³-hybridized carbons (Fsp3) is 0.455. The maximum atomic E-state index is 11.8. The van der Waals surface area contributed by atoms with Crippen LogP contribution in [0.4, 0.5) is 5.69 Å². The van der Waals surface area contributed by atoms with Crippen molar-refractivity contribution < 1.29 is 18.3 Å². The highest BCUT2D eigenvalue weighted by Crippen LogP contribution is 2.18. The van der Waals surface area contributed by atoms with Gasteiger partial charge in [-0.15, -0.1) is 0 Å². The molecule has 1 unspecified atom stereocenters. The topological polar surface area (TPSA) is 75.6 Å². The van der Waals surface area contributed by atoms with Crippen LogP contribution < -0.4 is 4.72 Å². The summed E-state index contributed by atoms with van der Waals surface area (Å²) in [6.45, 7) is 0.638. The lowest BCUT2D eigenvalue weighted by Crippen LogP contribution is -2.25. The summed E-state index contributed by atoms with van der Waals surface area (Å²) >= 11 is 0. The van der Waals surface area contributed by atoms with Gasteiger partial charge in [-0.05, 0) is 37.1 Å². The first kappa shape index (κ1) is 12.2. The second-order valence-electron chi connectivity index (χ2n) is 4.07. The van der Waals surface area contributed by atoms with Crippen LogP contribution in [0.1, 0.15) is 12.8 Å². The Balaban J connectivity index is 1.98. The number of nitrogens with one attached hydrogen (secondary N) is 1. The van der Waals surface area contributed by atoms with E-state index in [9.17, 15) is 8.42 Å². The molecule has 17 heavy (non-hydrogen) atoms. The Morgan fingerprint density at radius 1 is 1.35 bits per heavy atom. The summed E-state index contributed by atoms with van der Waals surface area (Å²) in [4.78, 5) is 0. The standard InChI is InChI=1S/C11H15NO4S/c13-10-5-3-9(4-6-10)12-17(14,15)8-11-2-1-7-16-11/h3-6,11-13H,1-2,7-8H2. The number of aromatic hydroxyl groups is 1. The summed E-state index contributed by atoms with van der Waals surface area (Å²) in [6, 6.07) is 5.90. The molecule has 1 aliphatic heterocycles. The van der Waals surface area contributed by atoms with Crippen LogP contribution in [0.2, 0.25) is 0 Å². The summed E-state index contributed by atoms with van der Waals surface area (Å²) in [6.07, 6.45) is 1.50. The smallest absolute Gasteiger partial charge is 0.235 e. The van der Waals surface area contributed by atoms with Crippen LogP contribution in [0.3, 0.4) is 0 Å². The highest BCUT2D eigenvalue weighted by molar-refractivity contribution is 7.92.